The summed E-state index contributed by atoms with van der Waals surface area (Å²) in [5.41, 5.74) is 3.44. The van der Waals surface area contributed by atoms with Crippen molar-refractivity contribution in [1.82, 2.24) is 0 Å². The Morgan fingerprint density at radius 3 is 2.36 bits per heavy atom. The molecule has 0 radical (unpaired) electrons. The van der Waals surface area contributed by atoms with Gasteiger partial charge in [-0.15, -0.1) is 5.56 Å². The molecule has 0 aliphatic rings. The van der Waals surface area contributed by atoms with Gasteiger partial charge in [-0.05, 0) is 17.7 Å². The smallest absolute Gasteiger partial charge is 1.00 e. The van der Waals surface area contributed by atoms with Crippen molar-refractivity contribution in [2.24, 2.45) is 0 Å². The van der Waals surface area contributed by atoms with Crippen LogP contribution < -0.4 is 26.5 Å². The Labute approximate surface area is 158 Å². The molecule has 2 aromatic rings. The second-order valence-electron chi connectivity index (χ2n) is 4.53. The molecule has 0 aliphatic heterocycles. The molecule has 0 saturated heterocycles. The minimum atomic E-state index is 0. The molecule has 0 amide bonds. The van der Waals surface area contributed by atoms with E-state index in [1.807, 2.05) is 36.4 Å². The number of hydrogen-bond acceptors (Lipinski definition) is 3. The van der Waals surface area contributed by atoms with Gasteiger partial charge in [-0.1, -0.05) is 13.0 Å². The molecule has 5 heteroatoms. The predicted octanol–water partition coefficient (Wildman–Crippen LogP) is 0.152. The maximum atomic E-state index is 5.75. The van der Waals surface area contributed by atoms with E-state index in [0.29, 0.717) is 13.2 Å². The molecule has 0 aliphatic carbocycles. The first-order valence-electron chi connectivity index (χ1n) is 6.49. The standard InChI is InChI=1S/C17H19O3.BrH.Mg/c1-13-6-4-5-7-15(13)12-20-11-14-8-9-16(18-2)17(10-14)19-3;;/h5-10H,11-12H2,1-3H3;1H;/q-1;;+2/p-1. The van der Waals surface area contributed by atoms with Crippen molar-refractivity contribution in [3.63, 3.8) is 0 Å². The fourth-order valence-corrected chi connectivity index (χ4v) is 1.96. The normalized spacial score (nSPS) is 9.41. The molecule has 0 unspecified atom stereocenters. The zero-order valence-corrected chi connectivity index (χ0v) is 16.2. The Kier molecular flexibility index (Phi) is 10.5. The van der Waals surface area contributed by atoms with Crippen LogP contribution in [0.2, 0.25) is 0 Å². The maximum Gasteiger partial charge on any atom is 2.00 e. The van der Waals surface area contributed by atoms with E-state index in [4.69, 9.17) is 14.2 Å². The van der Waals surface area contributed by atoms with Crippen molar-refractivity contribution in [3.05, 3.63) is 59.2 Å². The summed E-state index contributed by atoms with van der Waals surface area (Å²) in [6, 6.07) is 14.8. The van der Waals surface area contributed by atoms with Gasteiger partial charge in [0.15, 0.2) is 11.5 Å². The van der Waals surface area contributed by atoms with E-state index in [2.05, 4.69) is 13.0 Å². The van der Waals surface area contributed by atoms with Crippen molar-refractivity contribution in [1.29, 1.82) is 0 Å². The van der Waals surface area contributed by atoms with Crippen molar-refractivity contribution in [2.75, 3.05) is 14.2 Å². The van der Waals surface area contributed by atoms with Crippen LogP contribution >= 0.6 is 0 Å². The van der Waals surface area contributed by atoms with E-state index in [0.717, 1.165) is 17.1 Å². The molecule has 0 spiro atoms. The fourth-order valence-electron chi connectivity index (χ4n) is 1.96. The van der Waals surface area contributed by atoms with E-state index in [-0.39, 0.29) is 40.0 Å². The average Bonchev–Trinajstić information content (AvgIpc) is 2.49. The second kappa shape index (κ2) is 10.9. The third-order valence-corrected chi connectivity index (χ3v) is 3.16. The summed E-state index contributed by atoms with van der Waals surface area (Å²) >= 11 is 0. The number of benzene rings is 2. The third kappa shape index (κ3) is 5.80. The molecule has 0 saturated carbocycles. The second-order valence-corrected chi connectivity index (χ2v) is 4.53. The Morgan fingerprint density at radius 2 is 1.73 bits per heavy atom. The number of aryl methyl sites for hydroxylation is 1. The van der Waals surface area contributed by atoms with Crippen LogP contribution in [0, 0.1) is 13.0 Å². The van der Waals surface area contributed by atoms with Crippen LogP contribution in [0.3, 0.4) is 0 Å². The first-order valence-corrected chi connectivity index (χ1v) is 6.49. The summed E-state index contributed by atoms with van der Waals surface area (Å²) in [4.78, 5) is 0. The Bertz CT molecular complexity index is 576. The maximum absolute atomic E-state index is 5.75. The van der Waals surface area contributed by atoms with E-state index < -0.39 is 0 Å². The molecule has 0 N–H and O–H groups in total. The van der Waals surface area contributed by atoms with Gasteiger partial charge in [-0.2, -0.15) is 29.8 Å². The molecular formula is C17H19BrMgO3. The third-order valence-electron chi connectivity index (χ3n) is 3.16. The van der Waals surface area contributed by atoms with Gasteiger partial charge in [0.25, 0.3) is 0 Å². The van der Waals surface area contributed by atoms with Crippen LogP contribution in [0.4, 0.5) is 0 Å². The monoisotopic (exact) mass is 374 g/mol. The molecule has 3 nitrogen and oxygen atoms in total. The first-order chi connectivity index (χ1) is 9.74. The van der Waals surface area contributed by atoms with E-state index >= 15 is 0 Å². The summed E-state index contributed by atoms with van der Waals surface area (Å²) in [6.45, 7) is 3.19. The molecule has 0 aromatic heterocycles. The summed E-state index contributed by atoms with van der Waals surface area (Å²) in [5, 5.41) is 0. The van der Waals surface area contributed by atoms with Crippen LogP contribution in [0.15, 0.2) is 36.4 Å². The van der Waals surface area contributed by atoms with E-state index in [9.17, 15) is 0 Å². The van der Waals surface area contributed by atoms with Crippen LogP contribution in [0.5, 0.6) is 11.5 Å². The molecular weight excluding hydrogens is 356 g/mol. The van der Waals surface area contributed by atoms with Gasteiger partial charge in [0.1, 0.15) is 0 Å². The molecule has 2 aromatic carbocycles. The number of ether oxygens (including phenoxy) is 3. The van der Waals surface area contributed by atoms with Gasteiger partial charge in [-0.3, -0.25) is 0 Å². The Hall–Kier alpha value is -0.754. The molecule has 0 bridgehead atoms. The van der Waals surface area contributed by atoms with Crippen molar-refractivity contribution in [3.8, 4) is 11.5 Å². The number of rotatable bonds is 6. The van der Waals surface area contributed by atoms with Crippen molar-refractivity contribution < 1.29 is 31.2 Å². The minimum Gasteiger partial charge on any atom is -1.00 e. The summed E-state index contributed by atoms with van der Waals surface area (Å²) in [5.74, 6) is 1.45. The Morgan fingerprint density at radius 1 is 1.00 bits per heavy atom. The van der Waals surface area contributed by atoms with Gasteiger partial charge in [0.2, 0.25) is 0 Å². The summed E-state index contributed by atoms with van der Waals surface area (Å²) in [7, 11) is 3.26. The molecule has 0 fully saturated rings. The van der Waals surface area contributed by atoms with Gasteiger partial charge in [0.05, 0.1) is 27.4 Å². The largest absolute Gasteiger partial charge is 2.00 e. The molecule has 22 heavy (non-hydrogen) atoms. The first kappa shape index (κ1) is 21.2. The zero-order valence-electron chi connectivity index (χ0n) is 13.2. The number of hydrogen-bond donors (Lipinski definition) is 0. The van der Waals surface area contributed by atoms with Crippen LogP contribution in [-0.4, -0.2) is 37.3 Å². The van der Waals surface area contributed by atoms with E-state index in [1.54, 1.807) is 14.2 Å². The molecule has 114 valence electrons. The van der Waals surface area contributed by atoms with Crippen molar-refractivity contribution >= 4 is 23.1 Å². The van der Waals surface area contributed by atoms with Gasteiger partial charge >= 0.3 is 23.1 Å². The fraction of sp³-hybridized carbons (Fsp3) is 0.294. The van der Waals surface area contributed by atoms with Gasteiger partial charge in [0, 0.05) is 0 Å². The molecule has 2 rings (SSSR count). The minimum absolute atomic E-state index is 0. The quantitative estimate of drug-likeness (QED) is 0.532. The van der Waals surface area contributed by atoms with Crippen LogP contribution in [-0.2, 0) is 18.0 Å². The SMILES string of the molecule is COc1ccc(COCc2cc[c-]cc2C)cc1OC.[Br-].[Mg+2]. The topological polar surface area (TPSA) is 27.7 Å². The van der Waals surface area contributed by atoms with Gasteiger partial charge < -0.3 is 31.2 Å². The average molecular weight is 376 g/mol. The molecule has 0 heterocycles. The van der Waals surface area contributed by atoms with E-state index in [1.165, 1.54) is 11.1 Å². The number of methoxy groups -OCH3 is 2. The van der Waals surface area contributed by atoms with Crippen LogP contribution in [0.1, 0.15) is 16.7 Å². The predicted molar refractivity (Wildman–Crippen MR) is 83.8 cm³/mol. The molecule has 0 atom stereocenters. The van der Waals surface area contributed by atoms with Crippen LogP contribution in [0.25, 0.3) is 0 Å². The van der Waals surface area contributed by atoms with Crippen molar-refractivity contribution in [2.45, 2.75) is 20.1 Å². The summed E-state index contributed by atoms with van der Waals surface area (Å²) < 4.78 is 16.2. The van der Waals surface area contributed by atoms with Gasteiger partial charge in [-0.25, -0.2) is 0 Å². The summed E-state index contributed by atoms with van der Waals surface area (Å²) in [6.07, 6.45) is 0. The number of halogens is 1. The Balaban J connectivity index is 0.00000220. The zero-order chi connectivity index (χ0) is 14.4.